The Morgan fingerprint density at radius 2 is 1.89 bits per heavy atom. The van der Waals surface area contributed by atoms with E-state index in [0.29, 0.717) is 0 Å². The van der Waals surface area contributed by atoms with Crippen molar-refractivity contribution in [2.24, 2.45) is 0 Å². The second-order valence-corrected chi connectivity index (χ2v) is 4.21. The molecule has 1 saturated heterocycles. The molecule has 2 N–H and O–H groups in total. The van der Waals surface area contributed by atoms with Crippen LogP contribution in [0, 0.1) is 5.82 Å². The zero-order valence-electron chi connectivity index (χ0n) is 9.41. The Morgan fingerprint density at radius 3 is 2.44 bits per heavy atom. The second kappa shape index (κ2) is 4.73. The van der Waals surface area contributed by atoms with Crippen LogP contribution in [0.1, 0.15) is 16.8 Å². The zero-order valence-corrected chi connectivity index (χ0v) is 9.41. The summed E-state index contributed by atoms with van der Waals surface area (Å²) < 4.78 is 12.7. The molecule has 0 saturated carbocycles. The summed E-state index contributed by atoms with van der Waals surface area (Å²) in [7, 11) is 0. The van der Waals surface area contributed by atoms with Crippen molar-refractivity contribution in [1.82, 2.24) is 4.90 Å². The van der Waals surface area contributed by atoms with Crippen LogP contribution in [-0.4, -0.2) is 45.7 Å². The van der Waals surface area contributed by atoms with Gasteiger partial charge in [-0.2, -0.15) is 0 Å². The Labute approximate surface area is 102 Å². The van der Waals surface area contributed by atoms with E-state index in [1.54, 1.807) is 0 Å². The van der Waals surface area contributed by atoms with Gasteiger partial charge in [-0.1, -0.05) is 0 Å². The normalized spacial score (nSPS) is 23.1. The Kier molecular flexibility index (Phi) is 3.29. The van der Waals surface area contributed by atoms with Gasteiger partial charge in [0, 0.05) is 18.5 Å². The van der Waals surface area contributed by atoms with Gasteiger partial charge in [-0.15, -0.1) is 0 Å². The number of halogens is 1. The third-order valence-electron chi connectivity index (χ3n) is 2.92. The van der Waals surface area contributed by atoms with E-state index in [4.69, 9.17) is 5.11 Å². The summed E-state index contributed by atoms with van der Waals surface area (Å²) in [6.45, 7) is -0.0207. The van der Waals surface area contributed by atoms with Gasteiger partial charge in [-0.3, -0.25) is 4.79 Å². The number of rotatable bonds is 2. The van der Waals surface area contributed by atoms with Gasteiger partial charge in [0.2, 0.25) is 0 Å². The molecular weight excluding hydrogens is 241 g/mol. The monoisotopic (exact) mass is 253 g/mol. The summed E-state index contributed by atoms with van der Waals surface area (Å²) in [6, 6.07) is 3.82. The molecule has 0 spiro atoms. The largest absolute Gasteiger partial charge is 0.480 e. The fraction of sp³-hybridized carbons (Fsp3) is 0.333. The Balaban J connectivity index is 2.22. The number of likely N-dealkylation sites (tertiary alicyclic amines) is 1. The Hall–Kier alpha value is -1.95. The van der Waals surface area contributed by atoms with E-state index >= 15 is 0 Å². The average Bonchev–Trinajstić information content (AvgIpc) is 2.71. The van der Waals surface area contributed by atoms with Gasteiger partial charge in [-0.05, 0) is 24.3 Å². The third kappa shape index (κ3) is 2.33. The van der Waals surface area contributed by atoms with Crippen molar-refractivity contribution < 1.29 is 24.2 Å². The highest BCUT2D eigenvalue weighted by Crippen LogP contribution is 2.21. The van der Waals surface area contributed by atoms with E-state index < -0.39 is 29.8 Å². The van der Waals surface area contributed by atoms with E-state index in [-0.39, 0.29) is 18.5 Å². The molecule has 96 valence electrons. The lowest BCUT2D eigenvalue weighted by atomic mass is 10.1. The van der Waals surface area contributed by atoms with Gasteiger partial charge >= 0.3 is 5.97 Å². The Morgan fingerprint density at radius 1 is 1.28 bits per heavy atom. The van der Waals surface area contributed by atoms with Crippen LogP contribution < -0.4 is 0 Å². The van der Waals surface area contributed by atoms with Gasteiger partial charge in [-0.25, -0.2) is 9.18 Å². The lowest BCUT2D eigenvalue weighted by Crippen LogP contribution is -2.40. The number of amides is 1. The number of nitrogens with zero attached hydrogens (tertiary/aromatic N) is 1. The highest BCUT2D eigenvalue weighted by molar-refractivity contribution is 5.97. The van der Waals surface area contributed by atoms with E-state index in [1.165, 1.54) is 12.1 Å². The van der Waals surface area contributed by atoms with Crippen LogP contribution in [0.5, 0.6) is 0 Å². The van der Waals surface area contributed by atoms with Gasteiger partial charge in [0.1, 0.15) is 11.9 Å². The van der Waals surface area contributed by atoms with E-state index in [2.05, 4.69) is 0 Å². The molecule has 0 aromatic heterocycles. The first-order valence-corrected chi connectivity index (χ1v) is 5.46. The molecule has 2 atom stereocenters. The van der Waals surface area contributed by atoms with Crippen molar-refractivity contribution in [3.8, 4) is 0 Å². The predicted octanol–water partition coefficient (Wildman–Crippen LogP) is 0.486. The number of hydrogen-bond acceptors (Lipinski definition) is 3. The number of carboxylic acids is 1. The number of carboxylic acid groups (broad SMARTS) is 1. The minimum absolute atomic E-state index is 0.0161. The van der Waals surface area contributed by atoms with Crippen LogP contribution in [0.15, 0.2) is 24.3 Å². The Bertz CT molecular complexity index is 473. The summed E-state index contributed by atoms with van der Waals surface area (Å²) >= 11 is 0. The van der Waals surface area contributed by atoms with Crippen molar-refractivity contribution in [3.05, 3.63) is 35.6 Å². The maximum absolute atomic E-state index is 12.7. The standard InChI is InChI=1S/C12H12FNO4/c13-8-3-1-7(2-4-8)11(16)14-6-9(15)5-10(14)12(17)18/h1-4,9-10,15H,5-6H2,(H,17,18). The highest BCUT2D eigenvalue weighted by atomic mass is 19.1. The number of aliphatic hydroxyl groups is 1. The number of carbonyl (C=O) groups is 2. The summed E-state index contributed by atoms with van der Waals surface area (Å²) in [6.07, 6.45) is -0.821. The second-order valence-electron chi connectivity index (χ2n) is 4.21. The van der Waals surface area contributed by atoms with Crippen LogP contribution in [0.4, 0.5) is 4.39 Å². The molecule has 1 aliphatic rings. The summed E-state index contributed by atoms with van der Waals surface area (Å²) in [4.78, 5) is 24.1. The first kappa shape index (κ1) is 12.5. The van der Waals surface area contributed by atoms with Crippen molar-refractivity contribution in [1.29, 1.82) is 0 Å². The first-order valence-electron chi connectivity index (χ1n) is 5.46. The number of β-amino-alcohol motifs (C(OH)–C–C–N with tert-alkyl or cyclic N) is 1. The number of aliphatic carboxylic acids is 1. The SMILES string of the molecule is O=C(O)C1CC(O)CN1C(=O)c1ccc(F)cc1. The third-order valence-corrected chi connectivity index (χ3v) is 2.92. The number of carbonyl (C=O) groups excluding carboxylic acids is 1. The molecule has 0 radical (unpaired) electrons. The lowest BCUT2D eigenvalue weighted by Gasteiger charge is -2.21. The molecule has 5 nitrogen and oxygen atoms in total. The first-order chi connectivity index (χ1) is 8.49. The number of benzene rings is 1. The van der Waals surface area contributed by atoms with Crippen molar-refractivity contribution >= 4 is 11.9 Å². The molecule has 1 heterocycles. The van der Waals surface area contributed by atoms with Gasteiger partial charge < -0.3 is 15.1 Å². The topological polar surface area (TPSA) is 77.8 Å². The van der Waals surface area contributed by atoms with Crippen molar-refractivity contribution in [2.45, 2.75) is 18.6 Å². The molecule has 18 heavy (non-hydrogen) atoms. The molecule has 1 amide bonds. The van der Waals surface area contributed by atoms with Gasteiger partial charge in [0.05, 0.1) is 6.10 Å². The molecule has 1 fully saturated rings. The molecule has 2 unspecified atom stereocenters. The van der Waals surface area contributed by atoms with Crippen LogP contribution in [0.3, 0.4) is 0 Å². The van der Waals surface area contributed by atoms with Crippen molar-refractivity contribution in [2.75, 3.05) is 6.54 Å². The molecule has 6 heteroatoms. The van der Waals surface area contributed by atoms with Crippen LogP contribution in [0.2, 0.25) is 0 Å². The van der Waals surface area contributed by atoms with Gasteiger partial charge in [0.15, 0.2) is 0 Å². The minimum atomic E-state index is -1.15. The number of aliphatic hydroxyl groups excluding tert-OH is 1. The van der Waals surface area contributed by atoms with Crippen LogP contribution in [-0.2, 0) is 4.79 Å². The lowest BCUT2D eigenvalue weighted by molar-refractivity contribution is -0.141. The van der Waals surface area contributed by atoms with Crippen molar-refractivity contribution in [3.63, 3.8) is 0 Å². The predicted molar refractivity (Wildman–Crippen MR) is 59.5 cm³/mol. The zero-order chi connectivity index (χ0) is 13.3. The van der Waals surface area contributed by atoms with E-state index in [0.717, 1.165) is 17.0 Å². The molecule has 2 rings (SSSR count). The molecule has 1 aliphatic heterocycles. The summed E-state index contributed by atoms with van der Waals surface area (Å²) in [5, 5.41) is 18.4. The quantitative estimate of drug-likeness (QED) is 0.804. The molecule has 1 aromatic carbocycles. The van der Waals surface area contributed by atoms with Crippen LogP contribution in [0.25, 0.3) is 0 Å². The average molecular weight is 253 g/mol. The molecular formula is C12H12FNO4. The maximum Gasteiger partial charge on any atom is 0.326 e. The molecule has 0 aliphatic carbocycles. The molecule has 0 bridgehead atoms. The summed E-state index contributed by atoms with van der Waals surface area (Å²) in [5.74, 6) is -2.14. The summed E-state index contributed by atoms with van der Waals surface area (Å²) in [5.41, 5.74) is 0.205. The maximum atomic E-state index is 12.7. The fourth-order valence-electron chi connectivity index (χ4n) is 2.03. The smallest absolute Gasteiger partial charge is 0.326 e. The minimum Gasteiger partial charge on any atom is -0.480 e. The van der Waals surface area contributed by atoms with E-state index in [9.17, 15) is 19.1 Å². The number of hydrogen-bond donors (Lipinski definition) is 2. The van der Waals surface area contributed by atoms with Crippen LogP contribution >= 0.6 is 0 Å². The highest BCUT2D eigenvalue weighted by Gasteiger charge is 2.39. The van der Waals surface area contributed by atoms with E-state index in [1.807, 2.05) is 0 Å². The molecule has 1 aromatic rings. The van der Waals surface area contributed by atoms with Gasteiger partial charge in [0.25, 0.3) is 5.91 Å². The fourth-order valence-corrected chi connectivity index (χ4v) is 2.03.